The average Bonchev–Trinajstić information content (AvgIpc) is 3.50. The van der Waals surface area contributed by atoms with Crippen molar-refractivity contribution in [3.8, 4) is 5.75 Å². The van der Waals surface area contributed by atoms with E-state index in [0.717, 1.165) is 18.4 Å². The van der Waals surface area contributed by atoms with Crippen LogP contribution in [-0.4, -0.2) is 42.0 Å². The van der Waals surface area contributed by atoms with Gasteiger partial charge in [0.25, 0.3) is 0 Å². The second kappa shape index (κ2) is 8.67. The second-order valence-electron chi connectivity index (χ2n) is 7.81. The molecule has 1 aliphatic heterocycles. The molecule has 2 aromatic rings. The normalized spacial score (nSPS) is 20.2. The van der Waals surface area contributed by atoms with E-state index in [0.29, 0.717) is 17.0 Å². The van der Waals surface area contributed by atoms with Crippen molar-refractivity contribution in [2.45, 2.75) is 44.5 Å². The van der Waals surface area contributed by atoms with Crippen LogP contribution in [0.2, 0.25) is 0 Å². The van der Waals surface area contributed by atoms with E-state index in [1.54, 1.807) is 31.4 Å². The first-order valence-corrected chi connectivity index (χ1v) is 10.2. The molecule has 162 valence electrons. The molecular weight excluding hydrogens is 398 g/mol. The molecule has 1 saturated heterocycles. The van der Waals surface area contributed by atoms with Gasteiger partial charge in [-0.05, 0) is 48.2 Å². The van der Waals surface area contributed by atoms with Crippen LogP contribution in [0.25, 0.3) is 0 Å². The molecule has 2 fully saturated rings. The van der Waals surface area contributed by atoms with Crippen molar-refractivity contribution in [2.24, 2.45) is 0 Å². The van der Waals surface area contributed by atoms with E-state index in [9.17, 15) is 14.4 Å². The number of anilines is 1. The van der Waals surface area contributed by atoms with E-state index in [2.05, 4.69) is 10.6 Å². The highest BCUT2D eigenvalue weighted by Crippen LogP contribution is 2.35. The summed E-state index contributed by atoms with van der Waals surface area (Å²) in [5.74, 6) is 0.271. The number of rotatable bonds is 7. The number of carbonyl (C=O) groups excluding carboxylic acids is 3. The summed E-state index contributed by atoms with van der Waals surface area (Å²) < 4.78 is 10.9. The molecule has 0 aromatic heterocycles. The summed E-state index contributed by atoms with van der Waals surface area (Å²) >= 11 is 0. The zero-order chi connectivity index (χ0) is 22.0. The topological polar surface area (TPSA) is 97.0 Å². The van der Waals surface area contributed by atoms with Crippen molar-refractivity contribution in [3.63, 3.8) is 0 Å². The van der Waals surface area contributed by atoms with Gasteiger partial charge in [-0.3, -0.25) is 14.5 Å². The lowest BCUT2D eigenvalue weighted by atomic mass is 10.00. The molecule has 8 heteroatoms. The van der Waals surface area contributed by atoms with E-state index >= 15 is 0 Å². The van der Waals surface area contributed by atoms with Crippen LogP contribution in [0.1, 0.15) is 37.0 Å². The smallest absolute Gasteiger partial charge is 0.411 e. The summed E-state index contributed by atoms with van der Waals surface area (Å²) in [4.78, 5) is 38.6. The number of nitrogens with one attached hydrogen (secondary N) is 2. The first-order valence-electron chi connectivity index (χ1n) is 10.2. The Kier molecular flexibility index (Phi) is 5.79. The Morgan fingerprint density at radius 1 is 1.16 bits per heavy atom. The number of benzene rings is 2. The van der Waals surface area contributed by atoms with Gasteiger partial charge in [0, 0.05) is 18.7 Å². The van der Waals surface area contributed by atoms with Crippen LogP contribution in [0.4, 0.5) is 10.5 Å². The van der Waals surface area contributed by atoms with Crippen LogP contribution < -0.4 is 15.4 Å². The minimum atomic E-state index is -0.800. The highest BCUT2D eigenvalue weighted by atomic mass is 16.6. The molecule has 2 aromatic carbocycles. The fraction of sp³-hybridized carbons (Fsp3) is 0.348. The number of hydrogen-bond donors (Lipinski definition) is 2. The quantitative estimate of drug-likeness (QED) is 0.714. The van der Waals surface area contributed by atoms with Crippen molar-refractivity contribution in [3.05, 3.63) is 59.7 Å². The zero-order valence-electron chi connectivity index (χ0n) is 17.5. The molecule has 2 unspecified atom stereocenters. The maximum atomic E-state index is 13.1. The Labute approximate surface area is 180 Å². The summed E-state index contributed by atoms with van der Waals surface area (Å²) in [6.45, 7) is 1.65. The Balaban J connectivity index is 1.60. The molecule has 0 spiro atoms. The Bertz CT molecular complexity index is 987. The first-order chi connectivity index (χ1) is 14.9. The van der Waals surface area contributed by atoms with Crippen LogP contribution in [0.3, 0.4) is 0 Å². The Morgan fingerprint density at radius 2 is 1.90 bits per heavy atom. The molecular formula is C23H25N3O5. The third-order valence-corrected chi connectivity index (χ3v) is 5.32. The lowest BCUT2D eigenvalue weighted by Gasteiger charge is -2.24. The van der Waals surface area contributed by atoms with Gasteiger partial charge >= 0.3 is 6.09 Å². The van der Waals surface area contributed by atoms with Gasteiger partial charge in [-0.25, -0.2) is 4.79 Å². The molecule has 2 atom stereocenters. The van der Waals surface area contributed by atoms with E-state index in [1.165, 1.54) is 11.8 Å². The predicted octanol–water partition coefficient (Wildman–Crippen LogP) is 2.99. The monoisotopic (exact) mass is 423 g/mol. The molecule has 3 amide bonds. The minimum Gasteiger partial charge on any atom is -0.497 e. The van der Waals surface area contributed by atoms with Crippen molar-refractivity contribution in [1.29, 1.82) is 0 Å². The fourth-order valence-corrected chi connectivity index (χ4v) is 3.65. The predicted molar refractivity (Wildman–Crippen MR) is 113 cm³/mol. The van der Waals surface area contributed by atoms with Crippen molar-refractivity contribution in [2.75, 3.05) is 12.4 Å². The van der Waals surface area contributed by atoms with Crippen molar-refractivity contribution >= 4 is 23.6 Å². The summed E-state index contributed by atoms with van der Waals surface area (Å²) in [7, 11) is 1.58. The summed E-state index contributed by atoms with van der Waals surface area (Å²) in [6, 6.07) is 13.7. The van der Waals surface area contributed by atoms with Crippen LogP contribution in [0.15, 0.2) is 48.5 Å². The number of hydrogen-bond acceptors (Lipinski definition) is 5. The molecule has 4 rings (SSSR count). The lowest BCUT2D eigenvalue weighted by Crippen LogP contribution is -2.46. The minimum absolute atomic E-state index is 0.157. The molecule has 0 radical (unpaired) electrons. The van der Waals surface area contributed by atoms with E-state index in [1.807, 2.05) is 24.3 Å². The maximum Gasteiger partial charge on any atom is 0.411 e. The first kappa shape index (κ1) is 20.7. The number of ether oxygens (including phenoxy) is 2. The van der Waals surface area contributed by atoms with Gasteiger partial charge in [0.1, 0.15) is 5.75 Å². The largest absolute Gasteiger partial charge is 0.497 e. The van der Waals surface area contributed by atoms with Gasteiger partial charge in [-0.15, -0.1) is 0 Å². The summed E-state index contributed by atoms with van der Waals surface area (Å²) in [5, 5.41) is 5.70. The van der Waals surface area contributed by atoms with Gasteiger partial charge in [-0.2, -0.15) is 0 Å². The standard InChI is InChI=1S/C23H25N3O5/c1-14(27)24-17-8-6-16(7-9-17)21-20(22(28)25-18-10-11-18)26(23(29)31-21)13-15-4-3-5-19(12-15)30-2/h3-9,12,18,20-21H,10-11,13H2,1-2H3,(H,24,27)(H,25,28). The number of methoxy groups -OCH3 is 1. The zero-order valence-corrected chi connectivity index (χ0v) is 17.5. The van der Waals surface area contributed by atoms with Crippen LogP contribution in [0.5, 0.6) is 5.75 Å². The molecule has 2 aliphatic rings. The summed E-state index contributed by atoms with van der Waals surface area (Å²) in [6.07, 6.45) is 0.594. The number of amides is 3. The molecule has 1 heterocycles. The van der Waals surface area contributed by atoms with E-state index < -0.39 is 18.2 Å². The number of nitrogens with zero attached hydrogens (tertiary/aromatic N) is 1. The Morgan fingerprint density at radius 3 is 2.55 bits per heavy atom. The van der Waals surface area contributed by atoms with Gasteiger partial charge in [0.2, 0.25) is 11.8 Å². The molecule has 1 aliphatic carbocycles. The van der Waals surface area contributed by atoms with Gasteiger partial charge < -0.3 is 20.1 Å². The van der Waals surface area contributed by atoms with Crippen LogP contribution in [0, 0.1) is 0 Å². The van der Waals surface area contributed by atoms with Gasteiger partial charge in [0.05, 0.1) is 13.7 Å². The van der Waals surface area contributed by atoms with Crippen molar-refractivity contribution in [1.82, 2.24) is 10.2 Å². The molecule has 0 bridgehead atoms. The Hall–Kier alpha value is -3.55. The summed E-state index contributed by atoms with van der Waals surface area (Å²) in [5.41, 5.74) is 2.15. The molecule has 31 heavy (non-hydrogen) atoms. The van der Waals surface area contributed by atoms with Gasteiger partial charge in [0.15, 0.2) is 12.1 Å². The fourth-order valence-electron chi connectivity index (χ4n) is 3.65. The van der Waals surface area contributed by atoms with Crippen molar-refractivity contribution < 1.29 is 23.9 Å². The SMILES string of the molecule is COc1cccc(CN2C(=O)OC(c3ccc(NC(C)=O)cc3)C2C(=O)NC2CC2)c1. The van der Waals surface area contributed by atoms with Crippen LogP contribution >= 0.6 is 0 Å². The second-order valence-corrected chi connectivity index (χ2v) is 7.81. The lowest BCUT2D eigenvalue weighted by molar-refractivity contribution is -0.126. The molecule has 1 saturated carbocycles. The third kappa shape index (κ3) is 4.79. The average molecular weight is 423 g/mol. The highest BCUT2D eigenvalue weighted by Gasteiger charge is 2.47. The highest BCUT2D eigenvalue weighted by molar-refractivity contribution is 5.90. The van der Waals surface area contributed by atoms with Gasteiger partial charge in [-0.1, -0.05) is 24.3 Å². The number of cyclic esters (lactones) is 1. The molecule has 8 nitrogen and oxygen atoms in total. The van der Waals surface area contributed by atoms with E-state index in [-0.39, 0.29) is 24.4 Å². The van der Waals surface area contributed by atoms with Crippen LogP contribution in [-0.2, 0) is 20.9 Å². The number of carbonyl (C=O) groups is 3. The maximum absolute atomic E-state index is 13.1. The molecule has 2 N–H and O–H groups in total. The third-order valence-electron chi connectivity index (χ3n) is 5.32. The van der Waals surface area contributed by atoms with E-state index in [4.69, 9.17) is 9.47 Å².